The molecule has 0 unspecified atom stereocenters. The Labute approximate surface area is 173 Å². The largest absolute Gasteiger partial charge is 0.484 e. The van der Waals surface area contributed by atoms with Crippen molar-refractivity contribution < 1.29 is 19.1 Å². The van der Waals surface area contributed by atoms with Crippen LogP contribution in [0, 0.1) is 0 Å². The van der Waals surface area contributed by atoms with E-state index in [1.807, 2.05) is 6.07 Å². The minimum atomic E-state index is -0.280. The summed E-state index contributed by atoms with van der Waals surface area (Å²) in [5.74, 6) is 0.565. The number of ether oxygens (including phenoxy) is 2. The zero-order valence-corrected chi connectivity index (χ0v) is 16.5. The summed E-state index contributed by atoms with van der Waals surface area (Å²) in [5, 5.41) is 3.33. The van der Waals surface area contributed by atoms with Crippen LogP contribution in [-0.2, 0) is 11.3 Å². The molecule has 0 aliphatic heterocycles. The van der Waals surface area contributed by atoms with Gasteiger partial charge in [-0.15, -0.1) is 0 Å². The van der Waals surface area contributed by atoms with Gasteiger partial charge < -0.3 is 14.8 Å². The Balaban J connectivity index is 1.51. The highest BCUT2D eigenvalue weighted by Gasteiger charge is 2.10. The molecule has 148 valence electrons. The number of nitrogens with zero attached hydrogens (tertiary/aromatic N) is 1. The van der Waals surface area contributed by atoms with E-state index in [0.717, 1.165) is 5.56 Å². The number of nitrogens with one attached hydrogen (secondary N) is 1. The van der Waals surface area contributed by atoms with Crippen molar-refractivity contribution in [2.75, 3.05) is 13.7 Å². The second kappa shape index (κ2) is 9.71. The molecule has 0 radical (unpaired) electrons. The molecule has 0 aliphatic carbocycles. The molecule has 1 N–H and O–H groups in total. The molecule has 7 heteroatoms. The molecule has 1 heterocycles. The molecule has 3 rings (SSSR count). The second-order valence-electron chi connectivity index (χ2n) is 6.10. The fraction of sp³-hybridized carbons (Fsp3) is 0.136. The average Bonchev–Trinajstić information content (AvgIpc) is 2.77. The molecule has 29 heavy (non-hydrogen) atoms. The lowest BCUT2D eigenvalue weighted by Gasteiger charge is -2.10. The van der Waals surface area contributed by atoms with Gasteiger partial charge in [0.25, 0.3) is 5.91 Å². The van der Waals surface area contributed by atoms with Gasteiger partial charge in [-0.25, -0.2) is 4.98 Å². The van der Waals surface area contributed by atoms with Crippen LogP contribution in [0.4, 0.5) is 0 Å². The first kappa shape index (κ1) is 20.4. The molecule has 1 amide bonds. The SMILES string of the molecule is COc1ncccc1CNC(=O)COc1ccc(C(=O)c2ccc(Cl)cc2)cc1. The summed E-state index contributed by atoms with van der Waals surface area (Å²) in [6.07, 6.45) is 1.62. The number of carbonyl (C=O) groups excluding carboxylic acids is 2. The van der Waals surface area contributed by atoms with Crippen molar-refractivity contribution in [1.82, 2.24) is 10.3 Å². The van der Waals surface area contributed by atoms with Gasteiger partial charge in [0.1, 0.15) is 5.75 Å². The Kier molecular flexibility index (Phi) is 6.81. The number of benzene rings is 2. The van der Waals surface area contributed by atoms with Gasteiger partial charge in [-0.05, 0) is 54.6 Å². The fourth-order valence-electron chi connectivity index (χ4n) is 2.61. The summed E-state index contributed by atoms with van der Waals surface area (Å²) in [4.78, 5) is 28.5. The highest BCUT2D eigenvalue weighted by Crippen LogP contribution is 2.17. The molecule has 0 bridgehead atoms. The maximum atomic E-state index is 12.4. The highest BCUT2D eigenvalue weighted by atomic mass is 35.5. The zero-order chi connectivity index (χ0) is 20.6. The molecular weight excluding hydrogens is 392 g/mol. The quantitative estimate of drug-likeness (QED) is 0.573. The first-order chi connectivity index (χ1) is 14.1. The predicted octanol–water partition coefficient (Wildman–Crippen LogP) is 3.67. The van der Waals surface area contributed by atoms with E-state index in [1.165, 1.54) is 7.11 Å². The number of hydrogen-bond donors (Lipinski definition) is 1. The van der Waals surface area contributed by atoms with Crippen LogP contribution in [-0.4, -0.2) is 30.4 Å². The topological polar surface area (TPSA) is 77.5 Å². The summed E-state index contributed by atoms with van der Waals surface area (Å²) < 4.78 is 10.6. The van der Waals surface area contributed by atoms with E-state index in [4.69, 9.17) is 21.1 Å². The molecule has 0 saturated heterocycles. The van der Waals surface area contributed by atoms with Crippen molar-refractivity contribution in [1.29, 1.82) is 0 Å². The van der Waals surface area contributed by atoms with E-state index >= 15 is 0 Å². The maximum absolute atomic E-state index is 12.4. The number of carbonyl (C=O) groups is 2. The third-order valence-electron chi connectivity index (χ3n) is 4.11. The molecule has 0 saturated carbocycles. The number of hydrogen-bond acceptors (Lipinski definition) is 5. The Hall–Kier alpha value is -3.38. The molecule has 6 nitrogen and oxygen atoms in total. The molecule has 0 spiro atoms. The second-order valence-corrected chi connectivity index (χ2v) is 6.53. The van der Waals surface area contributed by atoms with E-state index in [2.05, 4.69) is 10.3 Å². The third-order valence-corrected chi connectivity index (χ3v) is 4.36. The van der Waals surface area contributed by atoms with Crippen molar-refractivity contribution in [3.8, 4) is 11.6 Å². The van der Waals surface area contributed by atoms with Crippen LogP contribution >= 0.6 is 11.6 Å². The van der Waals surface area contributed by atoms with Crippen molar-refractivity contribution in [2.24, 2.45) is 0 Å². The molecule has 2 aromatic carbocycles. The van der Waals surface area contributed by atoms with Gasteiger partial charge in [-0.1, -0.05) is 17.7 Å². The van der Waals surface area contributed by atoms with E-state index in [-0.39, 0.29) is 24.8 Å². The number of halogens is 1. The predicted molar refractivity (Wildman–Crippen MR) is 109 cm³/mol. The van der Waals surface area contributed by atoms with Crippen molar-refractivity contribution in [3.05, 3.63) is 88.6 Å². The average molecular weight is 411 g/mol. The fourth-order valence-corrected chi connectivity index (χ4v) is 2.73. The minimum Gasteiger partial charge on any atom is -0.484 e. The first-order valence-corrected chi connectivity index (χ1v) is 9.22. The van der Waals surface area contributed by atoms with Gasteiger partial charge >= 0.3 is 0 Å². The van der Waals surface area contributed by atoms with Crippen molar-refractivity contribution >= 4 is 23.3 Å². The van der Waals surface area contributed by atoms with Gasteiger partial charge in [-0.2, -0.15) is 0 Å². The summed E-state index contributed by atoms with van der Waals surface area (Å²) in [6.45, 7) is 0.140. The lowest BCUT2D eigenvalue weighted by Crippen LogP contribution is -2.28. The molecule has 0 atom stereocenters. The molecule has 1 aromatic heterocycles. The Bertz CT molecular complexity index is 988. The van der Waals surface area contributed by atoms with Crippen LogP contribution in [0.5, 0.6) is 11.6 Å². The van der Waals surface area contributed by atoms with Gasteiger partial charge in [0.05, 0.1) is 7.11 Å². The lowest BCUT2D eigenvalue weighted by atomic mass is 10.0. The number of rotatable bonds is 8. The van der Waals surface area contributed by atoms with Gasteiger partial charge in [0.2, 0.25) is 5.88 Å². The smallest absolute Gasteiger partial charge is 0.258 e. The number of ketones is 1. The Morgan fingerprint density at radius 1 is 1.00 bits per heavy atom. The van der Waals surface area contributed by atoms with E-state index in [0.29, 0.717) is 27.8 Å². The van der Waals surface area contributed by atoms with Crippen LogP contribution in [0.15, 0.2) is 66.9 Å². The molecule has 0 aliphatic rings. The number of amides is 1. The normalized spacial score (nSPS) is 10.3. The molecular formula is C22H19ClN2O4. The third kappa shape index (κ3) is 5.56. The Morgan fingerprint density at radius 2 is 1.66 bits per heavy atom. The summed E-state index contributed by atoms with van der Waals surface area (Å²) in [7, 11) is 1.53. The summed E-state index contributed by atoms with van der Waals surface area (Å²) in [6, 6.07) is 16.9. The zero-order valence-electron chi connectivity index (χ0n) is 15.7. The van der Waals surface area contributed by atoms with Gasteiger partial charge in [0.15, 0.2) is 12.4 Å². The van der Waals surface area contributed by atoms with E-state index in [9.17, 15) is 9.59 Å². The van der Waals surface area contributed by atoms with E-state index in [1.54, 1.807) is 60.8 Å². The number of pyridine rings is 1. The minimum absolute atomic E-state index is 0.114. The number of methoxy groups -OCH3 is 1. The molecule has 3 aromatic rings. The van der Waals surface area contributed by atoms with Crippen molar-refractivity contribution in [2.45, 2.75) is 6.54 Å². The monoisotopic (exact) mass is 410 g/mol. The van der Waals surface area contributed by atoms with Crippen LogP contribution in [0.2, 0.25) is 5.02 Å². The van der Waals surface area contributed by atoms with Crippen molar-refractivity contribution in [3.63, 3.8) is 0 Å². The van der Waals surface area contributed by atoms with Crippen LogP contribution in [0.1, 0.15) is 21.5 Å². The lowest BCUT2D eigenvalue weighted by molar-refractivity contribution is -0.123. The van der Waals surface area contributed by atoms with Crippen LogP contribution in [0.3, 0.4) is 0 Å². The Morgan fingerprint density at radius 3 is 2.31 bits per heavy atom. The first-order valence-electron chi connectivity index (χ1n) is 8.84. The van der Waals surface area contributed by atoms with Gasteiger partial charge in [-0.3, -0.25) is 9.59 Å². The standard InChI is InChI=1S/C22H19ClN2O4/c1-28-22-17(3-2-12-24-22)13-25-20(26)14-29-19-10-6-16(7-11-19)21(27)15-4-8-18(23)9-5-15/h2-12H,13-14H2,1H3,(H,25,26). The number of aromatic nitrogens is 1. The molecule has 0 fully saturated rings. The summed E-state index contributed by atoms with van der Waals surface area (Å²) in [5.41, 5.74) is 1.84. The van der Waals surface area contributed by atoms with Crippen LogP contribution in [0.25, 0.3) is 0 Å². The highest BCUT2D eigenvalue weighted by molar-refractivity contribution is 6.30. The maximum Gasteiger partial charge on any atom is 0.258 e. The summed E-state index contributed by atoms with van der Waals surface area (Å²) >= 11 is 5.85. The van der Waals surface area contributed by atoms with Crippen LogP contribution < -0.4 is 14.8 Å². The van der Waals surface area contributed by atoms with E-state index < -0.39 is 0 Å². The van der Waals surface area contributed by atoms with Gasteiger partial charge in [0, 0.05) is 34.5 Å².